The Morgan fingerprint density at radius 2 is 2.26 bits per heavy atom. The minimum absolute atomic E-state index is 0.127. The zero-order valence-corrected chi connectivity index (χ0v) is 11.6. The van der Waals surface area contributed by atoms with Gasteiger partial charge in [0.05, 0.1) is 6.61 Å². The van der Waals surface area contributed by atoms with E-state index in [0.29, 0.717) is 10.2 Å². The van der Waals surface area contributed by atoms with Crippen LogP contribution in [0.1, 0.15) is 17.3 Å². The molecule has 0 saturated carbocycles. The highest BCUT2D eigenvalue weighted by molar-refractivity contribution is 9.10. The van der Waals surface area contributed by atoms with Gasteiger partial charge in [-0.25, -0.2) is 9.78 Å². The van der Waals surface area contributed by atoms with Gasteiger partial charge in [-0.05, 0) is 35.0 Å². The average Bonchev–Trinajstić information content (AvgIpc) is 2.39. The summed E-state index contributed by atoms with van der Waals surface area (Å²) in [5.74, 6) is -0.409. The lowest BCUT2D eigenvalue weighted by Gasteiger charge is -2.04. The maximum absolute atomic E-state index is 11.8. The molecule has 0 aliphatic carbocycles. The van der Waals surface area contributed by atoms with E-state index in [1.807, 2.05) is 0 Å². The zero-order chi connectivity index (χ0) is 13.8. The summed E-state index contributed by atoms with van der Waals surface area (Å²) >= 11 is 3.31. The van der Waals surface area contributed by atoms with Crippen molar-refractivity contribution < 1.29 is 9.53 Å². The van der Waals surface area contributed by atoms with E-state index in [4.69, 9.17) is 4.74 Å². The SMILES string of the molecule is CCOC(=O)c1cnc(-c2ncccc2Br)[nH]c1=O. The van der Waals surface area contributed by atoms with Gasteiger partial charge < -0.3 is 9.72 Å². The molecule has 2 aromatic heterocycles. The Balaban J connectivity index is 2.43. The molecule has 98 valence electrons. The summed E-state index contributed by atoms with van der Waals surface area (Å²) in [7, 11) is 0. The van der Waals surface area contributed by atoms with Gasteiger partial charge in [-0.2, -0.15) is 0 Å². The van der Waals surface area contributed by atoms with Crippen molar-refractivity contribution in [1.29, 1.82) is 0 Å². The number of nitrogens with zero attached hydrogens (tertiary/aromatic N) is 2. The van der Waals surface area contributed by atoms with Crippen molar-refractivity contribution >= 4 is 21.9 Å². The van der Waals surface area contributed by atoms with Crippen molar-refractivity contribution in [3.05, 3.63) is 44.9 Å². The molecule has 0 spiro atoms. The fourth-order valence-corrected chi connectivity index (χ4v) is 1.87. The average molecular weight is 324 g/mol. The summed E-state index contributed by atoms with van der Waals surface area (Å²) in [5, 5.41) is 0. The molecule has 0 aromatic carbocycles. The lowest BCUT2D eigenvalue weighted by molar-refractivity contribution is 0.0524. The van der Waals surface area contributed by atoms with E-state index in [1.54, 1.807) is 25.3 Å². The van der Waals surface area contributed by atoms with E-state index in [9.17, 15) is 9.59 Å². The van der Waals surface area contributed by atoms with Crippen molar-refractivity contribution in [3.63, 3.8) is 0 Å². The predicted octanol–water partition coefficient (Wildman–Crippen LogP) is 1.77. The summed E-state index contributed by atoms with van der Waals surface area (Å²) in [4.78, 5) is 33.9. The van der Waals surface area contributed by atoms with Crippen molar-refractivity contribution in [1.82, 2.24) is 15.0 Å². The minimum Gasteiger partial charge on any atom is -0.462 e. The van der Waals surface area contributed by atoms with E-state index in [-0.39, 0.29) is 18.0 Å². The third-order valence-electron chi connectivity index (χ3n) is 2.28. The third kappa shape index (κ3) is 2.87. The molecule has 0 fully saturated rings. The molecule has 0 atom stereocenters. The summed E-state index contributed by atoms with van der Waals surface area (Å²) in [6.45, 7) is 1.87. The van der Waals surface area contributed by atoms with Gasteiger partial charge in [0.15, 0.2) is 5.82 Å². The Bertz CT molecular complexity index is 669. The van der Waals surface area contributed by atoms with Crippen LogP contribution in [0.2, 0.25) is 0 Å². The number of nitrogens with one attached hydrogen (secondary N) is 1. The van der Waals surface area contributed by atoms with Crippen LogP contribution in [-0.4, -0.2) is 27.5 Å². The van der Waals surface area contributed by atoms with E-state index in [2.05, 4.69) is 30.9 Å². The highest BCUT2D eigenvalue weighted by atomic mass is 79.9. The third-order valence-corrected chi connectivity index (χ3v) is 2.92. The zero-order valence-electron chi connectivity index (χ0n) is 10.0. The maximum atomic E-state index is 11.8. The molecule has 2 aromatic rings. The predicted molar refractivity (Wildman–Crippen MR) is 71.7 cm³/mol. The number of pyridine rings is 1. The Labute approximate surface area is 117 Å². The van der Waals surface area contributed by atoms with E-state index in [1.165, 1.54) is 6.20 Å². The minimum atomic E-state index is -0.692. The molecule has 1 N–H and O–H groups in total. The summed E-state index contributed by atoms with van der Waals surface area (Å²) < 4.78 is 5.45. The summed E-state index contributed by atoms with van der Waals surface area (Å²) in [5.41, 5.74) is -0.186. The number of H-pyrrole nitrogens is 1. The molecular formula is C12H10BrN3O3. The van der Waals surface area contributed by atoms with Gasteiger partial charge in [-0.3, -0.25) is 9.78 Å². The standard InChI is InChI=1S/C12H10BrN3O3/c1-2-19-12(18)7-6-15-10(16-11(7)17)9-8(13)4-3-5-14-9/h3-6H,2H2,1H3,(H,15,16,17). The Hall–Kier alpha value is -2.02. The van der Waals surface area contributed by atoms with Gasteiger partial charge in [-0.15, -0.1) is 0 Å². The molecule has 0 aliphatic heterocycles. The topological polar surface area (TPSA) is 84.9 Å². The Morgan fingerprint density at radius 1 is 1.47 bits per heavy atom. The van der Waals surface area contributed by atoms with Crippen molar-refractivity contribution in [2.75, 3.05) is 6.61 Å². The van der Waals surface area contributed by atoms with Crippen LogP contribution in [0, 0.1) is 0 Å². The molecule has 0 radical (unpaired) electrons. The van der Waals surface area contributed by atoms with Gasteiger partial charge >= 0.3 is 5.97 Å². The molecule has 0 bridgehead atoms. The molecule has 0 amide bonds. The van der Waals surface area contributed by atoms with E-state index in [0.717, 1.165) is 0 Å². The van der Waals surface area contributed by atoms with Crippen LogP contribution in [-0.2, 0) is 4.74 Å². The summed E-state index contributed by atoms with van der Waals surface area (Å²) in [6.07, 6.45) is 2.77. The first-order valence-corrected chi connectivity index (χ1v) is 6.30. The molecule has 2 heterocycles. The van der Waals surface area contributed by atoms with E-state index < -0.39 is 11.5 Å². The van der Waals surface area contributed by atoms with Crippen molar-refractivity contribution in [3.8, 4) is 11.5 Å². The number of rotatable bonds is 3. The van der Waals surface area contributed by atoms with Crippen LogP contribution in [0.4, 0.5) is 0 Å². The van der Waals surface area contributed by atoms with Crippen LogP contribution in [0.25, 0.3) is 11.5 Å². The Kier molecular flexibility index (Phi) is 4.06. The molecule has 2 rings (SSSR count). The van der Waals surface area contributed by atoms with Crippen LogP contribution in [0.5, 0.6) is 0 Å². The van der Waals surface area contributed by atoms with Gasteiger partial charge in [0.2, 0.25) is 0 Å². The molecule has 6 nitrogen and oxygen atoms in total. The number of hydrogen-bond acceptors (Lipinski definition) is 5. The first kappa shape index (κ1) is 13.4. The second-order valence-electron chi connectivity index (χ2n) is 3.53. The first-order valence-electron chi connectivity index (χ1n) is 5.50. The normalized spacial score (nSPS) is 10.2. The molecular weight excluding hydrogens is 314 g/mol. The van der Waals surface area contributed by atoms with Gasteiger partial charge in [-0.1, -0.05) is 0 Å². The van der Waals surface area contributed by atoms with Crippen LogP contribution in [0.3, 0.4) is 0 Å². The molecule has 0 saturated heterocycles. The highest BCUT2D eigenvalue weighted by Crippen LogP contribution is 2.21. The summed E-state index contributed by atoms with van der Waals surface area (Å²) in [6, 6.07) is 3.53. The number of aromatic amines is 1. The maximum Gasteiger partial charge on any atom is 0.345 e. The molecule has 0 aliphatic rings. The smallest absolute Gasteiger partial charge is 0.345 e. The number of hydrogen-bond donors (Lipinski definition) is 1. The van der Waals surface area contributed by atoms with Gasteiger partial charge in [0.25, 0.3) is 5.56 Å². The molecule has 7 heteroatoms. The molecule has 0 unspecified atom stereocenters. The highest BCUT2D eigenvalue weighted by Gasteiger charge is 2.14. The number of halogens is 1. The largest absolute Gasteiger partial charge is 0.462 e. The first-order chi connectivity index (χ1) is 9.13. The van der Waals surface area contributed by atoms with Crippen molar-refractivity contribution in [2.24, 2.45) is 0 Å². The quantitative estimate of drug-likeness (QED) is 0.870. The number of esters is 1. The van der Waals surface area contributed by atoms with Gasteiger partial charge in [0, 0.05) is 16.9 Å². The van der Waals surface area contributed by atoms with Crippen LogP contribution < -0.4 is 5.56 Å². The van der Waals surface area contributed by atoms with Gasteiger partial charge in [0.1, 0.15) is 11.3 Å². The number of carbonyl (C=O) groups is 1. The van der Waals surface area contributed by atoms with E-state index >= 15 is 0 Å². The number of aromatic nitrogens is 3. The lowest BCUT2D eigenvalue weighted by atomic mass is 10.3. The van der Waals surface area contributed by atoms with Crippen molar-refractivity contribution in [2.45, 2.75) is 6.92 Å². The fourth-order valence-electron chi connectivity index (χ4n) is 1.43. The van der Waals surface area contributed by atoms with Crippen LogP contribution >= 0.6 is 15.9 Å². The number of ether oxygens (including phenoxy) is 1. The fraction of sp³-hybridized carbons (Fsp3) is 0.167. The Morgan fingerprint density at radius 3 is 2.89 bits per heavy atom. The van der Waals surface area contributed by atoms with Crippen LogP contribution in [0.15, 0.2) is 33.8 Å². The molecule has 19 heavy (non-hydrogen) atoms. The second kappa shape index (κ2) is 5.75. The number of carbonyl (C=O) groups excluding carboxylic acids is 1. The lowest BCUT2D eigenvalue weighted by Crippen LogP contribution is -2.21. The monoisotopic (exact) mass is 323 g/mol. The second-order valence-corrected chi connectivity index (χ2v) is 4.38.